The molecule has 0 spiro atoms. The van der Waals surface area contributed by atoms with E-state index in [4.69, 9.17) is 9.16 Å². The topological polar surface area (TPSA) is 96.8 Å². The van der Waals surface area contributed by atoms with Gasteiger partial charge >= 0.3 is 5.69 Å². The van der Waals surface area contributed by atoms with E-state index in [9.17, 15) is 19.2 Å². The summed E-state index contributed by atoms with van der Waals surface area (Å²) in [4.78, 5) is 25.9. The molecule has 2 heterocycles. The Morgan fingerprint density at radius 3 is 2.12 bits per heavy atom. The molecule has 0 bridgehead atoms. The molecule has 11 heteroatoms. The van der Waals surface area contributed by atoms with Crippen LogP contribution in [0.3, 0.4) is 0 Å². The molecule has 0 radical (unpaired) electrons. The molecule has 1 aromatic heterocycles. The highest BCUT2D eigenvalue weighted by atomic mass is 28.4. The van der Waals surface area contributed by atoms with Gasteiger partial charge in [-0.15, -0.1) is 0 Å². The van der Waals surface area contributed by atoms with Gasteiger partial charge in [-0.1, -0.05) is 95.3 Å². The van der Waals surface area contributed by atoms with Crippen LogP contribution in [0, 0.1) is 11.7 Å². The highest BCUT2D eigenvalue weighted by molar-refractivity contribution is 6.99. The van der Waals surface area contributed by atoms with E-state index in [1.165, 1.54) is 0 Å². The lowest BCUT2D eigenvalue weighted by Crippen LogP contribution is -2.67. The number of aromatic amines is 1. The van der Waals surface area contributed by atoms with Crippen molar-refractivity contribution < 1.29 is 23.2 Å². The van der Waals surface area contributed by atoms with Crippen LogP contribution in [0.4, 0.5) is 8.78 Å². The smallest absolute Gasteiger partial charge is 0.330 e. The third-order valence-corrected chi connectivity index (χ3v) is 12.3. The molecule has 0 saturated carbocycles. The standard InChI is InChI=1S/C29H37F2N3O5Si/c1-19(2)16-34(37)25-23(39-27(24(25)31)33-17-22(30)26(35)32-28(33)36)18-38-40(29(3,4)5,20-12-8-6-9-13-20)21-14-10-7-11-15-21/h6-15,17,19,23-25,27,37H,16,18H2,1-5H3,(H,32,35,36)/t23-,24+,25-,27-/m1/s1. The molecule has 4 atom stereocenters. The third-order valence-electron chi connectivity index (χ3n) is 7.27. The summed E-state index contributed by atoms with van der Waals surface area (Å²) in [5.74, 6) is -1.26. The van der Waals surface area contributed by atoms with Gasteiger partial charge in [0, 0.05) is 6.54 Å². The van der Waals surface area contributed by atoms with Gasteiger partial charge in [-0.25, -0.2) is 9.18 Å². The average molecular weight is 574 g/mol. The van der Waals surface area contributed by atoms with E-state index in [1.54, 1.807) is 0 Å². The van der Waals surface area contributed by atoms with Crippen LogP contribution in [0.25, 0.3) is 0 Å². The number of ether oxygens (including phenoxy) is 1. The second kappa shape index (κ2) is 11.9. The summed E-state index contributed by atoms with van der Waals surface area (Å²) in [5, 5.41) is 13.5. The first kappa shape index (κ1) is 30.0. The van der Waals surface area contributed by atoms with Crippen molar-refractivity contribution in [2.75, 3.05) is 13.2 Å². The number of hydrogen-bond donors (Lipinski definition) is 2. The Bertz CT molecular complexity index is 1360. The van der Waals surface area contributed by atoms with Crippen molar-refractivity contribution >= 4 is 18.7 Å². The zero-order chi connectivity index (χ0) is 29.2. The summed E-state index contributed by atoms with van der Waals surface area (Å²) >= 11 is 0. The van der Waals surface area contributed by atoms with Crippen LogP contribution in [0.1, 0.15) is 40.8 Å². The number of nitrogens with one attached hydrogen (secondary N) is 1. The van der Waals surface area contributed by atoms with E-state index in [2.05, 4.69) is 20.8 Å². The van der Waals surface area contributed by atoms with Gasteiger partial charge in [-0.3, -0.25) is 14.3 Å². The van der Waals surface area contributed by atoms with Gasteiger partial charge in [-0.2, -0.15) is 9.45 Å². The molecule has 0 aliphatic carbocycles. The van der Waals surface area contributed by atoms with Gasteiger partial charge in [0.2, 0.25) is 5.82 Å². The van der Waals surface area contributed by atoms with Crippen molar-refractivity contribution in [3.05, 3.63) is 93.5 Å². The van der Waals surface area contributed by atoms with Gasteiger partial charge in [0.05, 0.1) is 18.8 Å². The Kier molecular flexibility index (Phi) is 8.91. The molecule has 40 heavy (non-hydrogen) atoms. The molecule has 0 unspecified atom stereocenters. The SMILES string of the molecule is CC(C)CN(O)[C@H]1[C@H](F)[C@H](n2cc(F)c(=O)[nH]c2=O)O[C@@H]1CO[Si](c1ccccc1)(c1ccccc1)C(C)(C)C. The molecule has 8 nitrogen and oxygen atoms in total. The predicted molar refractivity (Wildman–Crippen MR) is 151 cm³/mol. The summed E-state index contributed by atoms with van der Waals surface area (Å²) in [6, 6.07) is 18.6. The first-order valence-corrected chi connectivity index (χ1v) is 15.3. The molecule has 1 fully saturated rings. The minimum absolute atomic E-state index is 0.0113. The molecular weight excluding hydrogens is 536 g/mol. The van der Waals surface area contributed by atoms with Gasteiger partial charge in [0.25, 0.3) is 13.9 Å². The Morgan fingerprint density at radius 2 is 1.62 bits per heavy atom. The highest BCUT2D eigenvalue weighted by Crippen LogP contribution is 2.39. The zero-order valence-corrected chi connectivity index (χ0v) is 24.4. The van der Waals surface area contributed by atoms with Gasteiger partial charge < -0.3 is 14.4 Å². The second-order valence-corrected chi connectivity index (χ2v) is 15.9. The Hall–Kier alpha value is -2.96. The summed E-state index contributed by atoms with van der Waals surface area (Å²) in [6.45, 7) is 10.1. The Balaban J connectivity index is 1.77. The number of rotatable bonds is 9. The third kappa shape index (κ3) is 5.75. The van der Waals surface area contributed by atoms with Crippen LogP contribution in [0.2, 0.25) is 5.04 Å². The average Bonchev–Trinajstić information content (AvgIpc) is 3.22. The number of hydrogen-bond acceptors (Lipinski definition) is 6. The number of alkyl halides is 1. The lowest BCUT2D eigenvalue weighted by atomic mass is 10.1. The molecule has 1 aliphatic heterocycles. The van der Waals surface area contributed by atoms with Crippen LogP contribution in [-0.2, 0) is 9.16 Å². The minimum atomic E-state index is -3.04. The molecular formula is C29H37F2N3O5Si. The van der Waals surface area contributed by atoms with Gasteiger partial charge in [-0.05, 0) is 21.3 Å². The molecule has 3 aromatic rings. The molecule has 4 rings (SSSR count). The minimum Gasteiger partial charge on any atom is -0.405 e. The highest BCUT2D eigenvalue weighted by Gasteiger charge is 2.54. The fourth-order valence-corrected chi connectivity index (χ4v) is 10.1. The summed E-state index contributed by atoms with van der Waals surface area (Å²) in [7, 11) is -3.04. The Labute approximate surface area is 233 Å². The molecule has 2 aromatic carbocycles. The number of aromatic nitrogens is 2. The fourth-order valence-electron chi connectivity index (χ4n) is 5.54. The van der Waals surface area contributed by atoms with Crippen LogP contribution in [-0.4, -0.2) is 59.6 Å². The number of nitrogens with zero attached hydrogens (tertiary/aromatic N) is 2. The van der Waals surface area contributed by atoms with Crippen molar-refractivity contribution in [1.29, 1.82) is 0 Å². The largest absolute Gasteiger partial charge is 0.405 e. The second-order valence-electron chi connectivity index (χ2n) is 11.6. The molecule has 1 aliphatic rings. The maximum absolute atomic E-state index is 16.1. The molecule has 1 saturated heterocycles. The lowest BCUT2D eigenvalue weighted by Gasteiger charge is -2.44. The van der Waals surface area contributed by atoms with E-state index in [-0.39, 0.29) is 24.1 Å². The van der Waals surface area contributed by atoms with Crippen LogP contribution in [0.15, 0.2) is 76.4 Å². The zero-order valence-electron chi connectivity index (χ0n) is 23.4. The van der Waals surface area contributed by atoms with Gasteiger partial charge in [0.1, 0.15) is 6.10 Å². The summed E-state index contributed by atoms with van der Waals surface area (Å²) in [5.41, 5.74) is -2.22. The normalized spacial score (nSPS) is 21.9. The number of benzene rings is 2. The lowest BCUT2D eigenvalue weighted by molar-refractivity contribution is -0.160. The molecule has 216 valence electrons. The fraction of sp³-hybridized carbons (Fsp3) is 0.448. The quantitative estimate of drug-likeness (QED) is 0.302. The van der Waals surface area contributed by atoms with E-state index < -0.39 is 49.9 Å². The monoisotopic (exact) mass is 573 g/mol. The van der Waals surface area contributed by atoms with E-state index in [0.29, 0.717) is 10.8 Å². The van der Waals surface area contributed by atoms with Crippen molar-refractivity contribution in [3.8, 4) is 0 Å². The van der Waals surface area contributed by atoms with Crippen molar-refractivity contribution in [3.63, 3.8) is 0 Å². The van der Waals surface area contributed by atoms with Crippen molar-refractivity contribution in [1.82, 2.24) is 14.6 Å². The van der Waals surface area contributed by atoms with Crippen LogP contribution < -0.4 is 21.6 Å². The maximum Gasteiger partial charge on any atom is 0.330 e. The van der Waals surface area contributed by atoms with E-state index >= 15 is 4.39 Å². The van der Waals surface area contributed by atoms with Crippen LogP contribution in [0.5, 0.6) is 0 Å². The van der Waals surface area contributed by atoms with Crippen molar-refractivity contribution in [2.45, 2.75) is 64.2 Å². The number of H-pyrrole nitrogens is 1. The molecule has 0 amide bonds. The predicted octanol–water partition coefficient (Wildman–Crippen LogP) is 3.20. The van der Waals surface area contributed by atoms with Crippen LogP contribution >= 0.6 is 0 Å². The van der Waals surface area contributed by atoms with Gasteiger partial charge in [0.15, 0.2) is 12.4 Å². The molecule has 2 N–H and O–H groups in total. The first-order valence-electron chi connectivity index (χ1n) is 13.4. The Morgan fingerprint density at radius 1 is 1.07 bits per heavy atom. The van der Waals surface area contributed by atoms with Crippen molar-refractivity contribution in [2.24, 2.45) is 5.92 Å². The number of halogens is 2. The van der Waals surface area contributed by atoms with E-state index in [1.807, 2.05) is 79.5 Å². The van der Waals surface area contributed by atoms with E-state index in [0.717, 1.165) is 15.4 Å². The number of hydroxylamine groups is 2. The summed E-state index contributed by atoms with van der Waals surface area (Å²) in [6.07, 6.45) is -3.91. The first-order chi connectivity index (χ1) is 18.9. The maximum atomic E-state index is 16.1. The summed E-state index contributed by atoms with van der Waals surface area (Å²) < 4.78 is 43.8.